The molecule has 1 fully saturated rings. The summed E-state index contributed by atoms with van der Waals surface area (Å²) in [5.74, 6) is 1.06. The molecule has 9 nitrogen and oxygen atoms in total. The fourth-order valence-electron chi connectivity index (χ4n) is 3.23. The highest BCUT2D eigenvalue weighted by Crippen LogP contribution is 2.27. The second kappa shape index (κ2) is 9.84. The maximum atomic E-state index is 12.6. The van der Waals surface area contributed by atoms with Crippen LogP contribution in [0.1, 0.15) is 17.5 Å². The fourth-order valence-corrected chi connectivity index (χ4v) is 3.23. The van der Waals surface area contributed by atoms with Crippen molar-refractivity contribution < 1.29 is 28.6 Å². The lowest BCUT2D eigenvalue weighted by Gasteiger charge is -2.14. The minimum Gasteiger partial charge on any atom is -0.497 e. The van der Waals surface area contributed by atoms with Crippen LogP contribution in [-0.2, 0) is 22.7 Å². The van der Waals surface area contributed by atoms with Crippen LogP contribution in [0, 0.1) is 0 Å². The number of hydrogen-bond acceptors (Lipinski definition) is 6. The van der Waals surface area contributed by atoms with Crippen molar-refractivity contribution in [1.29, 1.82) is 0 Å². The summed E-state index contributed by atoms with van der Waals surface area (Å²) in [4.78, 5) is 38.3. The third kappa shape index (κ3) is 5.25. The molecule has 164 valence electrons. The summed E-state index contributed by atoms with van der Waals surface area (Å²) < 4.78 is 15.5. The van der Waals surface area contributed by atoms with E-state index in [-0.39, 0.29) is 25.4 Å². The van der Waals surface area contributed by atoms with E-state index in [1.54, 1.807) is 56.7 Å². The summed E-state index contributed by atoms with van der Waals surface area (Å²) in [6.45, 7) is 0.377. The van der Waals surface area contributed by atoms with E-state index in [1.165, 1.54) is 7.11 Å². The molecule has 1 saturated heterocycles. The number of nitrogens with one attached hydrogen (secondary N) is 2. The molecule has 0 bridgehead atoms. The molecule has 3 rings (SSSR count). The number of amides is 4. The molecule has 0 radical (unpaired) electrons. The van der Waals surface area contributed by atoms with Crippen molar-refractivity contribution >= 4 is 17.8 Å². The number of benzene rings is 2. The zero-order chi connectivity index (χ0) is 22.4. The van der Waals surface area contributed by atoms with E-state index in [4.69, 9.17) is 14.2 Å². The molecule has 1 aliphatic heterocycles. The molecule has 4 amide bonds. The van der Waals surface area contributed by atoms with E-state index in [9.17, 15) is 14.4 Å². The van der Waals surface area contributed by atoms with Gasteiger partial charge in [0.25, 0.3) is 5.91 Å². The molecule has 1 heterocycles. The number of imide groups is 1. The van der Waals surface area contributed by atoms with E-state index in [1.807, 2.05) is 0 Å². The van der Waals surface area contributed by atoms with Gasteiger partial charge in [-0.3, -0.25) is 14.5 Å². The summed E-state index contributed by atoms with van der Waals surface area (Å²) in [6.07, 6.45) is -0.142. The van der Waals surface area contributed by atoms with Crippen molar-refractivity contribution in [2.24, 2.45) is 0 Å². The van der Waals surface area contributed by atoms with E-state index in [0.29, 0.717) is 17.2 Å². The second-order valence-electron chi connectivity index (χ2n) is 6.94. The van der Waals surface area contributed by atoms with Gasteiger partial charge in [-0.25, -0.2) is 4.79 Å². The first-order chi connectivity index (χ1) is 14.9. The number of carbonyl (C=O) groups excluding carboxylic acids is 3. The van der Waals surface area contributed by atoms with E-state index >= 15 is 0 Å². The number of hydrogen-bond donors (Lipinski definition) is 2. The van der Waals surface area contributed by atoms with Crippen molar-refractivity contribution in [2.75, 3.05) is 21.3 Å². The van der Waals surface area contributed by atoms with Gasteiger partial charge in [0.15, 0.2) is 11.5 Å². The Morgan fingerprint density at radius 2 is 1.65 bits per heavy atom. The normalized spacial score (nSPS) is 15.5. The maximum Gasteiger partial charge on any atom is 0.325 e. The Morgan fingerprint density at radius 3 is 2.29 bits per heavy atom. The molecular formula is C22H25N3O6. The van der Waals surface area contributed by atoms with Gasteiger partial charge in [-0.2, -0.15) is 0 Å². The molecule has 31 heavy (non-hydrogen) atoms. The monoisotopic (exact) mass is 427 g/mol. The van der Waals surface area contributed by atoms with Gasteiger partial charge in [0.2, 0.25) is 5.91 Å². The lowest BCUT2D eigenvalue weighted by molar-refractivity contribution is -0.131. The van der Waals surface area contributed by atoms with Crippen LogP contribution in [0.15, 0.2) is 42.5 Å². The Bertz CT molecular complexity index is 960. The number of carbonyl (C=O) groups is 3. The van der Waals surface area contributed by atoms with Crippen molar-refractivity contribution in [3.8, 4) is 17.2 Å². The third-order valence-electron chi connectivity index (χ3n) is 4.93. The zero-order valence-electron chi connectivity index (χ0n) is 17.6. The summed E-state index contributed by atoms with van der Waals surface area (Å²) in [7, 11) is 4.64. The molecule has 1 aliphatic rings. The SMILES string of the molecule is COc1ccc(CN2C(=O)NC(CC(=O)NCc3ccc(OC)c(OC)c3)C2=O)cc1. The average Bonchev–Trinajstić information content (AvgIpc) is 3.05. The fraction of sp³-hybridized carbons (Fsp3) is 0.318. The lowest BCUT2D eigenvalue weighted by atomic mass is 10.1. The number of nitrogens with zero attached hydrogens (tertiary/aromatic N) is 1. The molecule has 2 aromatic rings. The Labute approximate surface area is 180 Å². The number of rotatable bonds is 9. The molecular weight excluding hydrogens is 402 g/mol. The van der Waals surface area contributed by atoms with Gasteiger partial charge in [-0.05, 0) is 35.4 Å². The molecule has 0 aliphatic carbocycles. The molecule has 0 aromatic heterocycles. The van der Waals surface area contributed by atoms with Gasteiger partial charge >= 0.3 is 6.03 Å². The van der Waals surface area contributed by atoms with Gasteiger partial charge in [-0.1, -0.05) is 18.2 Å². The summed E-state index contributed by atoms with van der Waals surface area (Å²) in [6, 6.07) is 11.0. The van der Waals surface area contributed by atoms with Gasteiger partial charge in [0.05, 0.1) is 34.3 Å². The zero-order valence-corrected chi connectivity index (χ0v) is 17.6. The average molecular weight is 427 g/mol. The van der Waals surface area contributed by atoms with Crippen LogP contribution in [0.5, 0.6) is 17.2 Å². The van der Waals surface area contributed by atoms with Crippen LogP contribution in [0.3, 0.4) is 0 Å². The predicted molar refractivity (Wildman–Crippen MR) is 112 cm³/mol. The number of urea groups is 1. The van der Waals surface area contributed by atoms with E-state index in [2.05, 4.69) is 10.6 Å². The quantitative estimate of drug-likeness (QED) is 0.592. The minimum absolute atomic E-state index is 0.123. The van der Waals surface area contributed by atoms with Crippen molar-refractivity contribution in [3.05, 3.63) is 53.6 Å². The highest BCUT2D eigenvalue weighted by Gasteiger charge is 2.38. The number of methoxy groups -OCH3 is 3. The smallest absolute Gasteiger partial charge is 0.325 e. The van der Waals surface area contributed by atoms with Crippen LogP contribution in [-0.4, -0.2) is 50.1 Å². The molecule has 0 spiro atoms. The van der Waals surface area contributed by atoms with Crippen molar-refractivity contribution in [2.45, 2.75) is 25.6 Å². The first-order valence-electron chi connectivity index (χ1n) is 9.67. The largest absolute Gasteiger partial charge is 0.497 e. The highest BCUT2D eigenvalue weighted by molar-refractivity contribution is 6.05. The maximum absolute atomic E-state index is 12.6. The van der Waals surface area contributed by atoms with Crippen LogP contribution >= 0.6 is 0 Å². The Balaban J connectivity index is 1.54. The topological polar surface area (TPSA) is 106 Å². The minimum atomic E-state index is -0.892. The Hall–Kier alpha value is -3.75. The summed E-state index contributed by atoms with van der Waals surface area (Å²) in [5.41, 5.74) is 1.59. The standard InChI is InChI=1S/C22H25N3O6/c1-29-16-7-4-14(5-8-16)13-25-21(27)17(24-22(25)28)11-20(26)23-12-15-6-9-18(30-2)19(10-15)31-3/h4-10,17H,11-13H2,1-3H3,(H,23,26)(H,24,28). The molecule has 9 heteroatoms. The molecule has 0 saturated carbocycles. The van der Waals surface area contributed by atoms with Crippen molar-refractivity contribution in [1.82, 2.24) is 15.5 Å². The van der Waals surface area contributed by atoms with E-state index < -0.39 is 18.0 Å². The first kappa shape index (κ1) is 21.9. The van der Waals surface area contributed by atoms with Gasteiger partial charge < -0.3 is 24.8 Å². The summed E-state index contributed by atoms with van der Waals surface area (Å²) >= 11 is 0. The Kier molecular flexibility index (Phi) is 6.96. The van der Waals surface area contributed by atoms with Crippen LogP contribution < -0.4 is 24.8 Å². The van der Waals surface area contributed by atoms with E-state index in [0.717, 1.165) is 16.0 Å². The van der Waals surface area contributed by atoms with Crippen LogP contribution in [0.4, 0.5) is 4.79 Å². The predicted octanol–water partition coefficient (Wildman–Crippen LogP) is 1.84. The number of ether oxygens (including phenoxy) is 3. The van der Waals surface area contributed by atoms with Gasteiger partial charge in [0.1, 0.15) is 11.8 Å². The molecule has 2 aromatic carbocycles. The molecule has 1 unspecified atom stereocenters. The highest BCUT2D eigenvalue weighted by atomic mass is 16.5. The lowest BCUT2D eigenvalue weighted by Crippen LogP contribution is -2.36. The van der Waals surface area contributed by atoms with Gasteiger partial charge in [-0.15, -0.1) is 0 Å². The first-order valence-corrected chi connectivity index (χ1v) is 9.67. The van der Waals surface area contributed by atoms with Gasteiger partial charge in [0, 0.05) is 6.54 Å². The second-order valence-corrected chi connectivity index (χ2v) is 6.94. The molecule has 1 atom stereocenters. The van der Waals surface area contributed by atoms with Crippen LogP contribution in [0.25, 0.3) is 0 Å². The van der Waals surface area contributed by atoms with Crippen LogP contribution in [0.2, 0.25) is 0 Å². The third-order valence-corrected chi connectivity index (χ3v) is 4.93. The summed E-state index contributed by atoms with van der Waals surface area (Å²) in [5, 5.41) is 5.33. The van der Waals surface area contributed by atoms with Crippen molar-refractivity contribution in [3.63, 3.8) is 0 Å². The Morgan fingerprint density at radius 1 is 0.968 bits per heavy atom. The molecule has 2 N–H and O–H groups in total.